The Labute approximate surface area is 111 Å². The van der Waals surface area contributed by atoms with Gasteiger partial charge in [0.1, 0.15) is 12.0 Å². The van der Waals surface area contributed by atoms with Crippen LogP contribution in [0.15, 0.2) is 36.7 Å². The van der Waals surface area contributed by atoms with Gasteiger partial charge in [-0.2, -0.15) is 5.10 Å². The van der Waals surface area contributed by atoms with Crippen LogP contribution in [0.4, 0.5) is 0 Å². The summed E-state index contributed by atoms with van der Waals surface area (Å²) in [7, 11) is 0. The molecule has 1 N–H and O–H groups in total. The van der Waals surface area contributed by atoms with Crippen LogP contribution in [0.2, 0.25) is 0 Å². The van der Waals surface area contributed by atoms with Gasteiger partial charge in [0.25, 0.3) is 0 Å². The highest BCUT2D eigenvalue weighted by Crippen LogP contribution is 2.29. The fourth-order valence-corrected chi connectivity index (χ4v) is 2.21. The van der Waals surface area contributed by atoms with Crippen molar-refractivity contribution in [2.24, 2.45) is 0 Å². The molecule has 96 valence electrons. The lowest BCUT2D eigenvalue weighted by atomic mass is 9.85. The van der Waals surface area contributed by atoms with Gasteiger partial charge in [-0.05, 0) is 17.0 Å². The topological polar surface area (TPSA) is 54.5 Å². The molecule has 4 nitrogen and oxygen atoms in total. The Balaban J connectivity index is 2.27. The number of para-hydroxylation sites is 1. The van der Waals surface area contributed by atoms with E-state index >= 15 is 0 Å². The van der Waals surface area contributed by atoms with Crippen molar-refractivity contribution >= 4 is 10.9 Å². The Morgan fingerprint density at radius 2 is 1.89 bits per heavy atom. The predicted octanol–water partition coefficient (Wildman–Crippen LogP) is 3.32. The van der Waals surface area contributed by atoms with Gasteiger partial charge in [0.05, 0.1) is 5.52 Å². The average molecular weight is 252 g/mol. The maximum Gasteiger partial charge on any atom is 0.174 e. The Bertz CT molecular complexity index is 709. The van der Waals surface area contributed by atoms with Gasteiger partial charge in [0.15, 0.2) is 5.82 Å². The molecule has 0 saturated carbocycles. The lowest BCUT2D eigenvalue weighted by Gasteiger charge is -2.20. The zero-order valence-electron chi connectivity index (χ0n) is 11.3. The van der Waals surface area contributed by atoms with Crippen molar-refractivity contribution in [3.63, 3.8) is 0 Å². The molecule has 3 aromatic rings. The molecular formula is C15H16N4. The molecule has 0 spiro atoms. The fourth-order valence-electron chi connectivity index (χ4n) is 2.21. The number of pyridine rings is 1. The molecule has 0 amide bonds. The highest BCUT2D eigenvalue weighted by molar-refractivity contribution is 5.84. The van der Waals surface area contributed by atoms with Gasteiger partial charge in [0.2, 0.25) is 0 Å². The third-order valence-corrected chi connectivity index (χ3v) is 3.19. The lowest BCUT2D eigenvalue weighted by molar-refractivity contribution is 0.594. The predicted molar refractivity (Wildman–Crippen MR) is 75.8 cm³/mol. The molecule has 0 aliphatic rings. The van der Waals surface area contributed by atoms with E-state index in [1.54, 1.807) is 0 Å². The Hall–Kier alpha value is -2.23. The standard InChI is InChI=1S/C15H16N4/c1-15(2,3)11-6-4-5-10-7-8-12(18-13(10)11)14-16-9-17-19-14/h4-9H,1-3H3,(H,16,17,19). The normalized spacial score (nSPS) is 11.9. The summed E-state index contributed by atoms with van der Waals surface area (Å²) in [6.07, 6.45) is 1.50. The van der Waals surface area contributed by atoms with Crippen molar-refractivity contribution in [2.75, 3.05) is 0 Å². The Morgan fingerprint density at radius 3 is 2.58 bits per heavy atom. The molecule has 2 heterocycles. The molecule has 0 bridgehead atoms. The second-order valence-corrected chi connectivity index (χ2v) is 5.66. The SMILES string of the molecule is CC(C)(C)c1cccc2ccc(-c3ncn[nH]3)nc12. The van der Waals surface area contributed by atoms with Crippen molar-refractivity contribution in [2.45, 2.75) is 26.2 Å². The molecule has 0 aliphatic carbocycles. The van der Waals surface area contributed by atoms with Crippen LogP contribution in [-0.4, -0.2) is 20.2 Å². The molecular weight excluding hydrogens is 236 g/mol. The second kappa shape index (κ2) is 4.16. The van der Waals surface area contributed by atoms with Gasteiger partial charge in [0, 0.05) is 5.39 Å². The van der Waals surface area contributed by atoms with Crippen LogP contribution >= 0.6 is 0 Å². The number of hydrogen-bond donors (Lipinski definition) is 1. The average Bonchev–Trinajstić information content (AvgIpc) is 2.90. The minimum absolute atomic E-state index is 0.0621. The van der Waals surface area contributed by atoms with Crippen LogP contribution in [0.25, 0.3) is 22.4 Å². The number of H-pyrrole nitrogens is 1. The molecule has 0 saturated heterocycles. The zero-order valence-corrected chi connectivity index (χ0v) is 11.3. The van der Waals surface area contributed by atoms with Gasteiger partial charge in [-0.3, -0.25) is 5.10 Å². The van der Waals surface area contributed by atoms with E-state index in [-0.39, 0.29) is 5.41 Å². The monoisotopic (exact) mass is 252 g/mol. The first-order chi connectivity index (χ1) is 9.05. The number of fused-ring (bicyclic) bond motifs is 1. The molecule has 1 aromatic carbocycles. The van der Waals surface area contributed by atoms with Gasteiger partial charge in [-0.1, -0.05) is 45.0 Å². The number of rotatable bonds is 1. The van der Waals surface area contributed by atoms with Crippen LogP contribution in [-0.2, 0) is 5.41 Å². The van der Waals surface area contributed by atoms with Gasteiger partial charge >= 0.3 is 0 Å². The number of nitrogens with zero attached hydrogens (tertiary/aromatic N) is 3. The summed E-state index contributed by atoms with van der Waals surface area (Å²) < 4.78 is 0. The molecule has 2 aromatic heterocycles. The Kier molecular flexibility index (Phi) is 2.59. The summed E-state index contributed by atoms with van der Waals surface area (Å²) >= 11 is 0. The van der Waals surface area contributed by atoms with Gasteiger partial charge in [-0.25, -0.2) is 9.97 Å². The van der Waals surface area contributed by atoms with E-state index in [1.807, 2.05) is 6.07 Å². The summed E-state index contributed by atoms with van der Waals surface area (Å²) in [5.41, 5.74) is 3.16. The van der Waals surface area contributed by atoms with Crippen molar-refractivity contribution in [3.05, 3.63) is 42.2 Å². The molecule has 19 heavy (non-hydrogen) atoms. The molecule has 0 aliphatic heterocycles. The van der Waals surface area contributed by atoms with Gasteiger partial charge in [-0.15, -0.1) is 0 Å². The van der Waals surface area contributed by atoms with Crippen molar-refractivity contribution in [1.29, 1.82) is 0 Å². The van der Waals surface area contributed by atoms with Crippen LogP contribution in [0.1, 0.15) is 26.3 Å². The minimum Gasteiger partial charge on any atom is -0.258 e. The molecule has 0 unspecified atom stereocenters. The van der Waals surface area contributed by atoms with E-state index in [4.69, 9.17) is 4.98 Å². The number of hydrogen-bond acceptors (Lipinski definition) is 3. The quantitative estimate of drug-likeness (QED) is 0.722. The third-order valence-electron chi connectivity index (χ3n) is 3.19. The number of nitrogens with one attached hydrogen (secondary N) is 1. The van der Waals surface area contributed by atoms with Crippen LogP contribution in [0.3, 0.4) is 0 Å². The summed E-state index contributed by atoms with van der Waals surface area (Å²) in [4.78, 5) is 8.91. The smallest absolute Gasteiger partial charge is 0.174 e. The highest BCUT2D eigenvalue weighted by atomic mass is 15.2. The van der Waals surface area contributed by atoms with E-state index in [2.05, 4.69) is 60.2 Å². The first-order valence-electron chi connectivity index (χ1n) is 6.32. The molecule has 4 heteroatoms. The third kappa shape index (κ3) is 2.10. The van der Waals surface area contributed by atoms with E-state index in [9.17, 15) is 0 Å². The molecule has 0 radical (unpaired) electrons. The van der Waals surface area contributed by atoms with Crippen molar-refractivity contribution in [1.82, 2.24) is 20.2 Å². The van der Waals surface area contributed by atoms with E-state index < -0.39 is 0 Å². The summed E-state index contributed by atoms with van der Waals surface area (Å²) in [6, 6.07) is 10.4. The van der Waals surface area contributed by atoms with Crippen LogP contribution in [0.5, 0.6) is 0 Å². The largest absolute Gasteiger partial charge is 0.258 e. The maximum atomic E-state index is 4.75. The number of benzene rings is 1. The van der Waals surface area contributed by atoms with Gasteiger partial charge < -0.3 is 0 Å². The first kappa shape index (κ1) is 11.8. The summed E-state index contributed by atoms with van der Waals surface area (Å²) in [5.74, 6) is 0.700. The maximum absolute atomic E-state index is 4.75. The zero-order chi connectivity index (χ0) is 13.5. The van der Waals surface area contributed by atoms with Crippen LogP contribution < -0.4 is 0 Å². The summed E-state index contributed by atoms with van der Waals surface area (Å²) in [6.45, 7) is 6.60. The highest BCUT2D eigenvalue weighted by Gasteiger charge is 2.18. The number of aromatic nitrogens is 4. The first-order valence-corrected chi connectivity index (χ1v) is 6.32. The van der Waals surface area contributed by atoms with Crippen molar-refractivity contribution < 1.29 is 0 Å². The van der Waals surface area contributed by atoms with Crippen LogP contribution in [0, 0.1) is 0 Å². The summed E-state index contributed by atoms with van der Waals surface area (Å²) in [5, 5.41) is 7.88. The fraction of sp³-hybridized carbons (Fsp3) is 0.267. The van der Waals surface area contributed by atoms with E-state index in [0.717, 1.165) is 16.6 Å². The second-order valence-electron chi connectivity index (χ2n) is 5.66. The Morgan fingerprint density at radius 1 is 1.05 bits per heavy atom. The minimum atomic E-state index is 0.0621. The molecule has 3 rings (SSSR count). The van der Waals surface area contributed by atoms with E-state index in [1.165, 1.54) is 11.9 Å². The lowest BCUT2D eigenvalue weighted by Crippen LogP contribution is -2.12. The van der Waals surface area contributed by atoms with E-state index in [0.29, 0.717) is 5.82 Å². The molecule has 0 fully saturated rings. The number of aromatic amines is 1. The molecule has 0 atom stereocenters. The van der Waals surface area contributed by atoms with Crippen molar-refractivity contribution in [3.8, 4) is 11.5 Å².